The Morgan fingerprint density at radius 3 is 2.79 bits per heavy atom. The molecular weight excluding hydrogens is 260 g/mol. The number of allylic oxidation sites excluding steroid dienone is 1. The van der Waals surface area contributed by atoms with Gasteiger partial charge in [-0.05, 0) is 45.6 Å². The van der Waals surface area contributed by atoms with Crippen LogP contribution in [-0.2, 0) is 4.79 Å². The van der Waals surface area contributed by atoms with Crippen LogP contribution in [0.2, 0.25) is 0 Å². The molecule has 0 aromatic heterocycles. The average Bonchev–Trinajstić information content (AvgIpc) is 2.37. The van der Waals surface area contributed by atoms with Crippen molar-refractivity contribution in [3.8, 4) is 0 Å². The number of hydrogen-bond donors (Lipinski definition) is 1. The Kier molecular flexibility index (Phi) is 9.98. The van der Waals surface area contributed by atoms with Crippen molar-refractivity contribution >= 4 is 18.3 Å². The van der Waals surface area contributed by atoms with Gasteiger partial charge in [-0.3, -0.25) is 4.79 Å². The summed E-state index contributed by atoms with van der Waals surface area (Å²) in [6.45, 7) is 7.75. The summed E-state index contributed by atoms with van der Waals surface area (Å²) in [6, 6.07) is 0.480. The van der Waals surface area contributed by atoms with Crippen molar-refractivity contribution < 1.29 is 4.79 Å². The Hall–Kier alpha value is -0.540. The normalized spacial score (nSPS) is 22.4. The fraction of sp³-hybridized carbons (Fsp3) is 0.800. The predicted octanol–water partition coefficient (Wildman–Crippen LogP) is 3.00. The van der Waals surface area contributed by atoms with Gasteiger partial charge in [0.1, 0.15) is 0 Å². The molecule has 3 nitrogen and oxygen atoms in total. The minimum absolute atomic E-state index is 0. The van der Waals surface area contributed by atoms with E-state index < -0.39 is 0 Å². The third kappa shape index (κ3) is 6.98. The van der Waals surface area contributed by atoms with E-state index in [4.69, 9.17) is 0 Å². The van der Waals surface area contributed by atoms with Crippen molar-refractivity contribution in [3.05, 3.63) is 12.7 Å². The number of piperidine rings is 1. The molecule has 0 bridgehead atoms. The largest absolute Gasteiger partial charge is 0.346 e. The van der Waals surface area contributed by atoms with E-state index in [1.54, 1.807) is 0 Å². The summed E-state index contributed by atoms with van der Waals surface area (Å²) in [7, 11) is 1.95. The molecule has 1 amide bonds. The van der Waals surface area contributed by atoms with Gasteiger partial charge in [-0.15, -0.1) is 19.0 Å². The standard InChI is InChI=1S/C15H28N2O.ClH/c1-4-5-6-7-8-11-17(3)15(18)14-9-10-16-13(2)12-14;/h4,13-14,16H,1,5-12H2,2-3H3;1H/t13-,14-;/m0./s1. The van der Waals surface area contributed by atoms with Crippen LogP contribution in [0.5, 0.6) is 0 Å². The highest BCUT2D eigenvalue weighted by molar-refractivity contribution is 5.85. The van der Waals surface area contributed by atoms with Gasteiger partial charge in [-0.1, -0.05) is 12.5 Å². The highest BCUT2D eigenvalue weighted by Crippen LogP contribution is 2.18. The van der Waals surface area contributed by atoms with E-state index in [1.807, 2.05) is 18.0 Å². The van der Waals surface area contributed by atoms with Crippen LogP contribution in [0.3, 0.4) is 0 Å². The zero-order valence-corrected chi connectivity index (χ0v) is 13.2. The summed E-state index contributed by atoms with van der Waals surface area (Å²) in [6.07, 6.45) is 8.51. The number of nitrogens with zero attached hydrogens (tertiary/aromatic N) is 1. The summed E-state index contributed by atoms with van der Waals surface area (Å²) in [5.41, 5.74) is 0. The van der Waals surface area contributed by atoms with Gasteiger partial charge in [-0.2, -0.15) is 0 Å². The van der Waals surface area contributed by atoms with E-state index in [9.17, 15) is 4.79 Å². The third-order valence-corrected chi connectivity index (χ3v) is 3.75. The lowest BCUT2D eigenvalue weighted by molar-refractivity contribution is -0.135. The molecule has 1 N–H and O–H groups in total. The maximum absolute atomic E-state index is 12.2. The molecule has 1 saturated heterocycles. The van der Waals surface area contributed by atoms with Crippen LogP contribution >= 0.6 is 12.4 Å². The third-order valence-electron chi connectivity index (χ3n) is 3.75. The van der Waals surface area contributed by atoms with Crippen molar-refractivity contribution in [1.29, 1.82) is 0 Å². The highest BCUT2D eigenvalue weighted by atomic mass is 35.5. The molecule has 1 aliphatic rings. The molecule has 0 radical (unpaired) electrons. The van der Waals surface area contributed by atoms with Gasteiger partial charge in [0, 0.05) is 25.6 Å². The molecule has 1 heterocycles. The molecule has 1 fully saturated rings. The van der Waals surface area contributed by atoms with E-state index >= 15 is 0 Å². The lowest BCUT2D eigenvalue weighted by Gasteiger charge is -2.30. The van der Waals surface area contributed by atoms with Crippen LogP contribution in [0.25, 0.3) is 0 Å². The topological polar surface area (TPSA) is 32.3 Å². The van der Waals surface area contributed by atoms with E-state index in [1.165, 1.54) is 12.8 Å². The lowest BCUT2D eigenvalue weighted by Crippen LogP contribution is -2.43. The van der Waals surface area contributed by atoms with Gasteiger partial charge in [0.2, 0.25) is 5.91 Å². The average molecular weight is 289 g/mol. The first-order valence-electron chi connectivity index (χ1n) is 7.24. The minimum Gasteiger partial charge on any atom is -0.346 e. The molecule has 112 valence electrons. The second-order valence-corrected chi connectivity index (χ2v) is 5.47. The van der Waals surface area contributed by atoms with Crippen LogP contribution < -0.4 is 5.32 Å². The quantitative estimate of drug-likeness (QED) is 0.577. The minimum atomic E-state index is 0. The molecule has 1 aliphatic heterocycles. The van der Waals surface area contributed by atoms with Crippen LogP contribution in [0.15, 0.2) is 12.7 Å². The number of carbonyl (C=O) groups excluding carboxylic acids is 1. The summed E-state index contributed by atoms with van der Waals surface area (Å²) in [5.74, 6) is 0.575. The van der Waals surface area contributed by atoms with Gasteiger partial charge >= 0.3 is 0 Å². The fourth-order valence-corrected chi connectivity index (χ4v) is 2.59. The number of hydrogen-bond acceptors (Lipinski definition) is 2. The molecule has 1 rings (SSSR count). The first kappa shape index (κ1) is 18.5. The van der Waals surface area contributed by atoms with Crippen molar-refractivity contribution in [2.45, 2.75) is 51.5 Å². The molecule has 0 saturated carbocycles. The van der Waals surface area contributed by atoms with Gasteiger partial charge in [0.05, 0.1) is 0 Å². The first-order chi connectivity index (χ1) is 8.65. The number of unbranched alkanes of at least 4 members (excludes halogenated alkanes) is 3. The first-order valence-corrected chi connectivity index (χ1v) is 7.24. The van der Waals surface area contributed by atoms with Crippen molar-refractivity contribution in [2.75, 3.05) is 20.1 Å². The molecule has 0 unspecified atom stereocenters. The molecule has 4 heteroatoms. The van der Waals surface area contributed by atoms with E-state index in [-0.39, 0.29) is 18.3 Å². The molecule has 2 atom stereocenters. The Morgan fingerprint density at radius 1 is 1.42 bits per heavy atom. The number of amides is 1. The summed E-state index contributed by atoms with van der Waals surface area (Å²) in [5, 5.41) is 3.39. The Labute approximate surface area is 124 Å². The fourth-order valence-electron chi connectivity index (χ4n) is 2.59. The smallest absolute Gasteiger partial charge is 0.225 e. The van der Waals surface area contributed by atoms with Crippen LogP contribution in [0.4, 0.5) is 0 Å². The SMILES string of the molecule is C=CCCCCCN(C)C(=O)[C@H]1CCN[C@@H](C)C1.Cl. The number of halogens is 1. The monoisotopic (exact) mass is 288 g/mol. The van der Waals surface area contributed by atoms with E-state index in [2.05, 4.69) is 18.8 Å². The van der Waals surface area contributed by atoms with Crippen molar-refractivity contribution in [3.63, 3.8) is 0 Å². The molecule has 0 aromatic carbocycles. The molecule has 0 aromatic rings. The second kappa shape index (κ2) is 10.3. The van der Waals surface area contributed by atoms with Crippen molar-refractivity contribution in [2.24, 2.45) is 5.92 Å². The zero-order valence-electron chi connectivity index (χ0n) is 12.4. The number of rotatable bonds is 7. The molecule has 0 aliphatic carbocycles. The summed E-state index contributed by atoms with van der Waals surface area (Å²) < 4.78 is 0. The molecule has 19 heavy (non-hydrogen) atoms. The van der Waals surface area contributed by atoms with Gasteiger partial charge in [-0.25, -0.2) is 0 Å². The Morgan fingerprint density at radius 2 is 2.16 bits per heavy atom. The van der Waals surface area contributed by atoms with E-state index in [0.29, 0.717) is 11.9 Å². The lowest BCUT2D eigenvalue weighted by atomic mass is 9.92. The van der Waals surface area contributed by atoms with Crippen LogP contribution in [-0.4, -0.2) is 37.0 Å². The Bertz CT molecular complexity index is 271. The highest BCUT2D eigenvalue weighted by Gasteiger charge is 2.26. The molecule has 0 spiro atoms. The summed E-state index contributed by atoms with van der Waals surface area (Å²) in [4.78, 5) is 14.2. The van der Waals surface area contributed by atoms with E-state index in [0.717, 1.165) is 38.8 Å². The second-order valence-electron chi connectivity index (χ2n) is 5.47. The van der Waals surface area contributed by atoms with Crippen LogP contribution in [0.1, 0.15) is 45.4 Å². The molecular formula is C15H29ClN2O. The maximum Gasteiger partial charge on any atom is 0.225 e. The zero-order chi connectivity index (χ0) is 13.4. The van der Waals surface area contributed by atoms with Gasteiger partial charge < -0.3 is 10.2 Å². The maximum atomic E-state index is 12.2. The van der Waals surface area contributed by atoms with Gasteiger partial charge in [0.15, 0.2) is 0 Å². The number of nitrogens with one attached hydrogen (secondary N) is 1. The van der Waals surface area contributed by atoms with Crippen molar-refractivity contribution in [1.82, 2.24) is 10.2 Å². The summed E-state index contributed by atoms with van der Waals surface area (Å²) >= 11 is 0. The Balaban J connectivity index is 0.00000324. The van der Waals surface area contributed by atoms with Gasteiger partial charge in [0.25, 0.3) is 0 Å². The predicted molar refractivity (Wildman–Crippen MR) is 83.7 cm³/mol. The number of carbonyl (C=O) groups is 1. The van der Waals surface area contributed by atoms with Crippen LogP contribution in [0, 0.1) is 5.92 Å².